The van der Waals surface area contributed by atoms with Gasteiger partial charge in [-0.05, 0) is 42.0 Å². The first-order chi connectivity index (χ1) is 13.6. The van der Waals surface area contributed by atoms with Crippen molar-refractivity contribution in [3.8, 4) is 16.9 Å². The lowest BCUT2D eigenvalue weighted by Gasteiger charge is -2.11. The highest BCUT2D eigenvalue weighted by Crippen LogP contribution is 2.44. The predicted octanol–water partition coefficient (Wildman–Crippen LogP) is 5.95. The Hall–Kier alpha value is -2.66. The number of phenolic OH excluding ortho intramolecular Hbond substituents is 1. The summed E-state index contributed by atoms with van der Waals surface area (Å²) in [5.74, 6) is 0.206. The van der Waals surface area contributed by atoms with Crippen LogP contribution in [0, 0.1) is 0 Å². The van der Waals surface area contributed by atoms with Gasteiger partial charge in [-0.25, -0.2) is 0 Å². The van der Waals surface area contributed by atoms with Gasteiger partial charge in [0.05, 0.1) is 12.1 Å². The molecule has 2 heterocycles. The van der Waals surface area contributed by atoms with Crippen molar-refractivity contribution in [1.82, 2.24) is 9.55 Å². The van der Waals surface area contributed by atoms with Gasteiger partial charge in [-0.15, -0.1) is 0 Å². The molecule has 5 rings (SSSR count). The van der Waals surface area contributed by atoms with Crippen molar-refractivity contribution >= 4 is 55.8 Å². The van der Waals surface area contributed by atoms with Crippen LogP contribution in [0.2, 0.25) is 10.0 Å². The van der Waals surface area contributed by atoms with Crippen molar-refractivity contribution in [3.05, 3.63) is 64.9 Å². The summed E-state index contributed by atoms with van der Waals surface area (Å²) in [4.78, 5) is 3.19. The number of aromatic hydroxyl groups is 1. The largest absolute Gasteiger partial charge is 0.508 e. The zero-order chi connectivity index (χ0) is 19.4. The Morgan fingerprint density at radius 1 is 0.893 bits per heavy atom. The zero-order valence-corrected chi connectivity index (χ0v) is 16.2. The number of fused-ring (bicyclic) bond motifs is 5. The molecule has 2 aromatic heterocycles. The number of benzene rings is 3. The molecule has 0 saturated heterocycles. The normalized spacial score (nSPS) is 11.8. The fraction of sp³-hybridized carbons (Fsp3) is 0.0909. The molecule has 0 aliphatic rings. The second kappa shape index (κ2) is 6.45. The van der Waals surface area contributed by atoms with E-state index >= 15 is 0 Å². The first kappa shape index (κ1) is 17.4. The summed E-state index contributed by atoms with van der Waals surface area (Å²) in [7, 11) is 0. The number of H-pyrrole nitrogens is 1. The number of aromatic amines is 1. The maximum Gasteiger partial charge on any atom is 0.116 e. The quantitative estimate of drug-likeness (QED) is 0.344. The number of nitrogens with one attached hydrogen (secondary N) is 1. The molecule has 6 heteroatoms. The summed E-state index contributed by atoms with van der Waals surface area (Å²) in [6.45, 7) is 0.448. The Balaban J connectivity index is 2.01. The third-order valence-corrected chi connectivity index (χ3v) is 5.86. The van der Waals surface area contributed by atoms with Crippen molar-refractivity contribution < 1.29 is 10.2 Å². The van der Waals surface area contributed by atoms with Gasteiger partial charge in [0.25, 0.3) is 0 Å². The molecule has 0 spiro atoms. The molecule has 3 aromatic carbocycles. The Morgan fingerprint density at radius 2 is 1.64 bits per heavy atom. The number of aliphatic hydroxyl groups excluding tert-OH is 1. The van der Waals surface area contributed by atoms with Gasteiger partial charge in [0.15, 0.2) is 0 Å². The lowest BCUT2D eigenvalue weighted by molar-refractivity contribution is 0.280. The van der Waals surface area contributed by atoms with E-state index in [-0.39, 0.29) is 12.4 Å². The Morgan fingerprint density at radius 3 is 2.39 bits per heavy atom. The highest BCUT2D eigenvalue weighted by molar-refractivity contribution is 6.40. The molecule has 0 aliphatic carbocycles. The molecular weight excluding hydrogens is 395 g/mol. The molecule has 28 heavy (non-hydrogen) atoms. The Bertz CT molecular complexity index is 1350. The third kappa shape index (κ3) is 2.42. The molecule has 0 radical (unpaired) electrons. The zero-order valence-electron chi connectivity index (χ0n) is 14.7. The average molecular weight is 411 g/mol. The molecule has 0 bridgehead atoms. The number of rotatable bonds is 3. The minimum atomic E-state index is 0.00706. The van der Waals surface area contributed by atoms with Crippen LogP contribution in [0.4, 0.5) is 0 Å². The Kier molecular flexibility index (Phi) is 4.02. The van der Waals surface area contributed by atoms with Gasteiger partial charge in [-0.1, -0.05) is 29.3 Å². The molecule has 0 unspecified atom stereocenters. The van der Waals surface area contributed by atoms with E-state index in [1.165, 1.54) is 0 Å². The lowest BCUT2D eigenvalue weighted by atomic mass is 9.97. The van der Waals surface area contributed by atoms with E-state index in [1.807, 2.05) is 36.7 Å². The molecule has 0 fully saturated rings. The van der Waals surface area contributed by atoms with Gasteiger partial charge in [0, 0.05) is 61.6 Å². The maximum atomic E-state index is 10.1. The van der Waals surface area contributed by atoms with E-state index in [9.17, 15) is 10.2 Å². The molecule has 0 amide bonds. The number of hydrogen-bond acceptors (Lipinski definition) is 2. The van der Waals surface area contributed by atoms with Crippen LogP contribution in [-0.2, 0) is 6.54 Å². The number of aliphatic hydroxyl groups is 1. The van der Waals surface area contributed by atoms with Gasteiger partial charge >= 0.3 is 0 Å². The molecule has 0 atom stereocenters. The van der Waals surface area contributed by atoms with E-state index in [0.29, 0.717) is 16.6 Å². The van der Waals surface area contributed by atoms with Crippen LogP contribution >= 0.6 is 23.2 Å². The number of phenols is 1. The number of hydrogen-bond donors (Lipinski definition) is 3. The highest BCUT2D eigenvalue weighted by atomic mass is 35.5. The summed E-state index contributed by atoms with van der Waals surface area (Å²) in [6.07, 6.45) is 3.88. The highest BCUT2D eigenvalue weighted by Gasteiger charge is 2.19. The summed E-state index contributed by atoms with van der Waals surface area (Å²) in [5, 5.41) is 24.8. The van der Waals surface area contributed by atoms with E-state index in [1.54, 1.807) is 12.1 Å². The van der Waals surface area contributed by atoms with Crippen molar-refractivity contribution in [1.29, 1.82) is 0 Å². The number of aromatic nitrogens is 2. The standard InChI is InChI=1S/C22H16Cl2N2O2/c23-17-2-1-3-18(24)22(17)13-9-20-21(16-11-25-10-15(13)16)14-8-12(28)4-5-19(14)26(20)6-7-27/h1-5,8-11,25,27-28H,6-7H2. The molecule has 4 nitrogen and oxygen atoms in total. The minimum Gasteiger partial charge on any atom is -0.508 e. The molecule has 0 aliphatic heterocycles. The van der Waals surface area contributed by atoms with Crippen molar-refractivity contribution in [2.75, 3.05) is 6.61 Å². The van der Waals surface area contributed by atoms with Crippen molar-refractivity contribution in [3.63, 3.8) is 0 Å². The van der Waals surface area contributed by atoms with E-state index in [0.717, 1.165) is 43.7 Å². The molecule has 0 saturated carbocycles. The van der Waals surface area contributed by atoms with Crippen molar-refractivity contribution in [2.45, 2.75) is 6.54 Å². The second-order valence-corrected chi connectivity index (χ2v) is 7.59. The van der Waals surface area contributed by atoms with E-state index < -0.39 is 0 Å². The van der Waals surface area contributed by atoms with Crippen LogP contribution in [0.5, 0.6) is 5.75 Å². The average Bonchev–Trinajstić information content (AvgIpc) is 3.25. The third-order valence-electron chi connectivity index (χ3n) is 5.23. The van der Waals surface area contributed by atoms with E-state index in [2.05, 4.69) is 15.6 Å². The van der Waals surface area contributed by atoms with Crippen LogP contribution < -0.4 is 0 Å². The van der Waals surface area contributed by atoms with Crippen molar-refractivity contribution in [2.24, 2.45) is 0 Å². The summed E-state index contributed by atoms with van der Waals surface area (Å²) in [5.41, 5.74) is 3.60. The number of halogens is 2. The minimum absolute atomic E-state index is 0.00706. The summed E-state index contributed by atoms with van der Waals surface area (Å²) in [6, 6.07) is 12.8. The second-order valence-electron chi connectivity index (χ2n) is 6.77. The van der Waals surface area contributed by atoms with Crippen LogP contribution in [0.15, 0.2) is 54.9 Å². The van der Waals surface area contributed by atoms with Crippen LogP contribution in [0.25, 0.3) is 43.7 Å². The van der Waals surface area contributed by atoms with Gasteiger partial charge in [0.1, 0.15) is 5.75 Å². The van der Waals surface area contributed by atoms with Gasteiger partial charge < -0.3 is 19.8 Å². The van der Waals surface area contributed by atoms with Gasteiger partial charge in [0.2, 0.25) is 0 Å². The van der Waals surface area contributed by atoms with Crippen LogP contribution in [-0.4, -0.2) is 26.4 Å². The molecular formula is C22H16Cl2N2O2. The first-order valence-corrected chi connectivity index (χ1v) is 9.65. The summed E-state index contributed by atoms with van der Waals surface area (Å²) < 4.78 is 2.06. The Labute approximate surface area is 170 Å². The van der Waals surface area contributed by atoms with Crippen LogP contribution in [0.1, 0.15) is 0 Å². The fourth-order valence-corrected chi connectivity index (χ4v) is 4.71. The number of nitrogens with zero attached hydrogens (tertiary/aromatic N) is 1. The van der Waals surface area contributed by atoms with Gasteiger partial charge in [-0.3, -0.25) is 0 Å². The molecule has 5 aromatic rings. The molecule has 3 N–H and O–H groups in total. The lowest BCUT2D eigenvalue weighted by Crippen LogP contribution is -2.01. The predicted molar refractivity (Wildman–Crippen MR) is 116 cm³/mol. The molecule has 140 valence electrons. The first-order valence-electron chi connectivity index (χ1n) is 8.90. The van der Waals surface area contributed by atoms with Crippen LogP contribution in [0.3, 0.4) is 0 Å². The SMILES string of the molecule is OCCn1c2ccc(O)cc2c2c3c[nH]cc3c(-c3c(Cl)cccc3Cl)cc21. The monoisotopic (exact) mass is 410 g/mol. The maximum absolute atomic E-state index is 10.1. The summed E-state index contributed by atoms with van der Waals surface area (Å²) >= 11 is 13.0. The fourth-order valence-electron chi connectivity index (χ4n) is 4.11. The smallest absolute Gasteiger partial charge is 0.116 e. The van der Waals surface area contributed by atoms with E-state index in [4.69, 9.17) is 23.2 Å². The van der Waals surface area contributed by atoms with Gasteiger partial charge in [-0.2, -0.15) is 0 Å². The topological polar surface area (TPSA) is 61.2 Å².